The summed E-state index contributed by atoms with van der Waals surface area (Å²) in [7, 11) is -1.78. The smallest absolute Gasteiger partial charge is 0.260 e. The Bertz CT molecular complexity index is 770. The van der Waals surface area contributed by atoms with E-state index in [4.69, 9.17) is 10.5 Å². The fraction of sp³-hybridized carbons (Fsp3) is 0.833. The molecule has 0 amide bonds. The molecule has 0 saturated carbocycles. The van der Waals surface area contributed by atoms with E-state index in [2.05, 4.69) is 5.10 Å². The average molecular weight is 383 g/mol. The van der Waals surface area contributed by atoms with Gasteiger partial charge in [0.25, 0.3) is 10.0 Å². The highest BCUT2D eigenvalue weighted by Gasteiger charge is 2.48. The van der Waals surface area contributed by atoms with Gasteiger partial charge in [0.05, 0.1) is 5.69 Å². The van der Waals surface area contributed by atoms with Crippen molar-refractivity contribution in [2.75, 3.05) is 32.8 Å². The molecule has 1 unspecified atom stereocenters. The van der Waals surface area contributed by atoms with Crippen LogP contribution in [-0.2, 0) is 34.6 Å². The summed E-state index contributed by atoms with van der Waals surface area (Å²) in [6.45, 7) is 3.13. The van der Waals surface area contributed by atoms with Crippen LogP contribution in [0.15, 0.2) is 5.03 Å². The molecule has 2 saturated heterocycles. The summed E-state index contributed by atoms with van der Waals surface area (Å²) in [4.78, 5) is 0. The van der Waals surface area contributed by atoms with Gasteiger partial charge in [-0.3, -0.25) is 4.68 Å². The van der Waals surface area contributed by atoms with Gasteiger partial charge in [-0.1, -0.05) is 0 Å². The van der Waals surface area contributed by atoms with Crippen molar-refractivity contribution in [1.82, 2.24) is 14.1 Å². The quantitative estimate of drug-likeness (QED) is 0.841. The number of rotatable bonds is 4. The monoisotopic (exact) mass is 382 g/mol. The Balaban J connectivity index is 1.63. The molecule has 0 spiro atoms. The van der Waals surface area contributed by atoms with E-state index in [1.165, 1.54) is 0 Å². The van der Waals surface area contributed by atoms with Crippen molar-refractivity contribution in [2.45, 2.75) is 50.0 Å². The van der Waals surface area contributed by atoms with Gasteiger partial charge in [0.1, 0.15) is 0 Å². The summed E-state index contributed by atoms with van der Waals surface area (Å²) in [5.74, 6) is 0.446. The van der Waals surface area contributed by atoms with Gasteiger partial charge in [-0.2, -0.15) is 9.40 Å². The van der Waals surface area contributed by atoms with Crippen LogP contribution in [0.4, 0.5) is 0 Å². The molecular formula is C18H30N4O3S. The van der Waals surface area contributed by atoms with Crippen LogP contribution in [0.2, 0.25) is 0 Å². The van der Waals surface area contributed by atoms with Crippen LogP contribution in [0.5, 0.6) is 0 Å². The highest BCUT2D eigenvalue weighted by molar-refractivity contribution is 7.89. The Kier molecular flexibility index (Phi) is 4.88. The van der Waals surface area contributed by atoms with E-state index < -0.39 is 10.0 Å². The van der Waals surface area contributed by atoms with Crippen molar-refractivity contribution < 1.29 is 13.2 Å². The molecule has 0 aromatic carbocycles. The van der Waals surface area contributed by atoms with Crippen molar-refractivity contribution in [1.29, 1.82) is 0 Å². The van der Waals surface area contributed by atoms with E-state index >= 15 is 0 Å². The predicted molar refractivity (Wildman–Crippen MR) is 98.3 cm³/mol. The largest absolute Gasteiger partial charge is 0.381 e. The molecule has 1 aromatic heterocycles. The summed E-state index contributed by atoms with van der Waals surface area (Å²) in [6.07, 6.45) is 6.62. The summed E-state index contributed by atoms with van der Waals surface area (Å²) in [6, 6.07) is 0. The molecule has 146 valence electrons. The van der Waals surface area contributed by atoms with Crippen LogP contribution < -0.4 is 5.73 Å². The van der Waals surface area contributed by atoms with Gasteiger partial charge < -0.3 is 10.5 Å². The van der Waals surface area contributed by atoms with Crippen LogP contribution in [0, 0.1) is 11.3 Å². The Labute approximate surface area is 155 Å². The lowest BCUT2D eigenvalue weighted by atomic mass is 9.71. The highest BCUT2D eigenvalue weighted by atomic mass is 32.2. The lowest BCUT2D eigenvalue weighted by Crippen LogP contribution is -2.44. The normalized spacial score (nSPS) is 28.4. The van der Waals surface area contributed by atoms with Gasteiger partial charge in [-0.25, -0.2) is 8.42 Å². The van der Waals surface area contributed by atoms with Crippen molar-refractivity contribution in [2.24, 2.45) is 24.1 Å². The highest BCUT2D eigenvalue weighted by Crippen LogP contribution is 2.44. The summed E-state index contributed by atoms with van der Waals surface area (Å²) in [5, 5.41) is 4.91. The number of hydrogen-bond acceptors (Lipinski definition) is 5. The minimum Gasteiger partial charge on any atom is -0.381 e. The van der Waals surface area contributed by atoms with Crippen molar-refractivity contribution in [3.8, 4) is 0 Å². The number of fused-ring (bicyclic) bond motifs is 1. The van der Waals surface area contributed by atoms with Crippen LogP contribution in [0.25, 0.3) is 0 Å². The number of nitrogens with zero attached hydrogens (tertiary/aromatic N) is 3. The lowest BCUT2D eigenvalue weighted by molar-refractivity contribution is 0.0180. The predicted octanol–water partition coefficient (Wildman–Crippen LogP) is 1.06. The van der Waals surface area contributed by atoms with Gasteiger partial charge in [-0.05, 0) is 57.4 Å². The second kappa shape index (κ2) is 6.89. The molecule has 8 heteroatoms. The van der Waals surface area contributed by atoms with E-state index in [1.807, 2.05) is 0 Å². The number of aryl methyl sites for hydroxylation is 2. The summed E-state index contributed by atoms with van der Waals surface area (Å²) < 4.78 is 35.7. The van der Waals surface area contributed by atoms with E-state index in [-0.39, 0.29) is 5.41 Å². The number of nitrogens with two attached hydrogens (primary N) is 1. The zero-order valence-corrected chi connectivity index (χ0v) is 16.4. The molecule has 2 N–H and O–H groups in total. The number of sulfonamides is 1. The van der Waals surface area contributed by atoms with E-state index in [0.29, 0.717) is 30.6 Å². The second-order valence-corrected chi connectivity index (χ2v) is 9.96. The first-order chi connectivity index (χ1) is 12.5. The second-order valence-electron chi connectivity index (χ2n) is 8.10. The van der Waals surface area contributed by atoms with E-state index in [9.17, 15) is 8.42 Å². The maximum Gasteiger partial charge on any atom is 0.260 e. The molecule has 26 heavy (non-hydrogen) atoms. The average Bonchev–Trinajstić information content (AvgIpc) is 3.24. The van der Waals surface area contributed by atoms with Crippen molar-refractivity contribution >= 4 is 10.0 Å². The molecule has 4 rings (SSSR count). The fourth-order valence-corrected chi connectivity index (χ4v) is 7.04. The zero-order chi connectivity index (χ0) is 18.4. The third kappa shape index (κ3) is 2.91. The zero-order valence-electron chi connectivity index (χ0n) is 15.6. The molecule has 0 radical (unpaired) electrons. The summed E-state index contributed by atoms with van der Waals surface area (Å²) >= 11 is 0. The molecule has 7 nitrogen and oxygen atoms in total. The Morgan fingerprint density at radius 2 is 2.00 bits per heavy atom. The molecular weight excluding hydrogens is 352 g/mol. The Morgan fingerprint density at radius 1 is 1.27 bits per heavy atom. The Morgan fingerprint density at radius 3 is 2.73 bits per heavy atom. The summed E-state index contributed by atoms with van der Waals surface area (Å²) in [5.41, 5.74) is 7.97. The van der Waals surface area contributed by atoms with Crippen molar-refractivity contribution in [3.05, 3.63) is 11.3 Å². The van der Waals surface area contributed by atoms with Crippen LogP contribution in [0.3, 0.4) is 0 Å². The molecule has 1 atom stereocenters. The third-order valence-electron chi connectivity index (χ3n) is 6.69. The van der Waals surface area contributed by atoms with E-state index in [0.717, 1.165) is 69.4 Å². The first-order valence-electron chi connectivity index (χ1n) is 9.81. The van der Waals surface area contributed by atoms with Gasteiger partial charge in [-0.15, -0.1) is 0 Å². The van der Waals surface area contributed by atoms with Crippen molar-refractivity contribution in [3.63, 3.8) is 0 Å². The molecule has 2 fully saturated rings. The minimum atomic E-state index is -3.54. The maximum absolute atomic E-state index is 13.5. The maximum atomic E-state index is 13.5. The van der Waals surface area contributed by atoms with Gasteiger partial charge in [0.15, 0.2) is 5.03 Å². The van der Waals surface area contributed by atoms with Gasteiger partial charge in [0, 0.05) is 44.3 Å². The fourth-order valence-electron chi connectivity index (χ4n) is 5.14. The number of hydrogen-bond donors (Lipinski definition) is 1. The topological polar surface area (TPSA) is 90.5 Å². The van der Waals surface area contributed by atoms with Gasteiger partial charge in [0.2, 0.25) is 0 Å². The minimum absolute atomic E-state index is 0.116. The van der Waals surface area contributed by atoms with Crippen LogP contribution >= 0.6 is 0 Å². The van der Waals surface area contributed by atoms with E-state index in [1.54, 1.807) is 16.0 Å². The number of ether oxygens (including phenoxy) is 1. The molecule has 0 bridgehead atoms. The lowest BCUT2D eigenvalue weighted by Gasteiger charge is -2.38. The van der Waals surface area contributed by atoms with Crippen LogP contribution in [0.1, 0.15) is 43.4 Å². The first-order valence-corrected chi connectivity index (χ1v) is 11.2. The molecule has 1 aromatic rings. The molecule has 2 aliphatic heterocycles. The third-order valence-corrected chi connectivity index (χ3v) is 8.68. The molecule has 1 aliphatic carbocycles. The van der Waals surface area contributed by atoms with Crippen LogP contribution in [-0.4, -0.2) is 55.4 Å². The van der Waals surface area contributed by atoms with Gasteiger partial charge >= 0.3 is 0 Å². The molecule has 3 heterocycles. The first kappa shape index (κ1) is 18.4. The SMILES string of the molecule is Cn1nc2c(c1S(=O)(=O)N1CCC(CN)(C3CCOCC3)C1)CCCC2. The molecule has 3 aliphatic rings. The Hall–Kier alpha value is -0.960. The standard InChI is InChI=1S/C18H30N4O3S/c1-21-17(15-4-2-3-5-16(15)20-21)26(23,24)22-9-8-18(12-19,13-22)14-6-10-25-11-7-14/h14H,2-13,19H2,1H3. The number of aromatic nitrogens is 2.